The van der Waals surface area contributed by atoms with Crippen molar-refractivity contribution in [3.05, 3.63) is 35.4 Å². The van der Waals surface area contributed by atoms with Gasteiger partial charge < -0.3 is 15.2 Å². The summed E-state index contributed by atoms with van der Waals surface area (Å²) < 4.78 is 4.64. The maximum atomic E-state index is 11.3. The zero-order chi connectivity index (χ0) is 14.5. The first-order valence-electron chi connectivity index (χ1n) is 6.47. The lowest BCUT2D eigenvalue weighted by Crippen LogP contribution is -2.41. The average Bonchev–Trinajstić information content (AvgIpc) is 2.38. The minimum atomic E-state index is -0.716. The third-order valence-corrected chi connectivity index (χ3v) is 3.43. The Balaban J connectivity index is 2.49. The van der Waals surface area contributed by atoms with Crippen molar-refractivity contribution in [2.24, 2.45) is 5.92 Å². The molecule has 0 heterocycles. The Hall–Kier alpha value is -1.39. The number of carbonyl (C=O) groups excluding carboxylic acids is 1. The van der Waals surface area contributed by atoms with Crippen LogP contribution in [0.5, 0.6) is 0 Å². The monoisotopic (exact) mass is 265 g/mol. The van der Waals surface area contributed by atoms with Gasteiger partial charge in [0.05, 0.1) is 18.3 Å². The van der Waals surface area contributed by atoms with E-state index in [1.54, 1.807) is 12.1 Å². The van der Waals surface area contributed by atoms with Gasteiger partial charge in [-0.3, -0.25) is 0 Å². The molecule has 4 heteroatoms. The van der Waals surface area contributed by atoms with E-state index in [0.29, 0.717) is 18.7 Å². The molecule has 0 spiro atoms. The van der Waals surface area contributed by atoms with Crippen LogP contribution in [0.25, 0.3) is 0 Å². The predicted octanol–water partition coefficient (Wildman–Crippen LogP) is 1.97. The number of methoxy groups -OCH3 is 1. The Labute approximate surface area is 114 Å². The van der Waals surface area contributed by atoms with Crippen LogP contribution in [0, 0.1) is 5.92 Å². The van der Waals surface area contributed by atoms with Crippen LogP contribution in [0.2, 0.25) is 0 Å². The molecule has 19 heavy (non-hydrogen) atoms. The lowest BCUT2D eigenvalue weighted by atomic mass is 9.92. The first-order chi connectivity index (χ1) is 8.86. The number of benzene rings is 1. The van der Waals surface area contributed by atoms with Gasteiger partial charge in [-0.05, 0) is 30.5 Å². The van der Waals surface area contributed by atoms with Crippen molar-refractivity contribution in [2.75, 3.05) is 13.7 Å². The summed E-state index contributed by atoms with van der Waals surface area (Å²) in [5.41, 5.74) is 0.888. The van der Waals surface area contributed by atoms with Gasteiger partial charge >= 0.3 is 5.97 Å². The fourth-order valence-electron chi connectivity index (χ4n) is 1.54. The zero-order valence-corrected chi connectivity index (χ0v) is 12.1. The van der Waals surface area contributed by atoms with E-state index in [9.17, 15) is 9.90 Å². The van der Waals surface area contributed by atoms with Crippen LogP contribution >= 0.6 is 0 Å². The lowest BCUT2D eigenvalue weighted by Gasteiger charge is -2.28. The maximum absolute atomic E-state index is 11.3. The first kappa shape index (κ1) is 15.7. The van der Waals surface area contributed by atoms with Crippen LogP contribution in [0.1, 0.15) is 36.7 Å². The van der Waals surface area contributed by atoms with Crippen molar-refractivity contribution < 1.29 is 14.6 Å². The van der Waals surface area contributed by atoms with E-state index in [-0.39, 0.29) is 11.9 Å². The van der Waals surface area contributed by atoms with Crippen LogP contribution in [0.4, 0.5) is 0 Å². The molecule has 4 nitrogen and oxygen atoms in total. The number of carbonyl (C=O) groups is 1. The third-order valence-electron chi connectivity index (χ3n) is 3.43. The molecule has 1 aromatic rings. The minimum absolute atomic E-state index is 0.196. The topological polar surface area (TPSA) is 58.6 Å². The summed E-state index contributed by atoms with van der Waals surface area (Å²) in [6.45, 7) is 7.00. The van der Waals surface area contributed by atoms with Gasteiger partial charge in [0, 0.05) is 13.1 Å². The predicted molar refractivity (Wildman–Crippen MR) is 75.0 cm³/mol. The molecule has 106 valence electrons. The highest BCUT2D eigenvalue weighted by Crippen LogP contribution is 2.14. The number of hydrogen-bond acceptors (Lipinski definition) is 4. The number of aliphatic hydroxyl groups is 1. The zero-order valence-electron chi connectivity index (χ0n) is 12.1. The van der Waals surface area contributed by atoms with Crippen LogP contribution in [0.15, 0.2) is 24.3 Å². The second kappa shape index (κ2) is 6.68. The highest BCUT2D eigenvalue weighted by atomic mass is 16.5. The largest absolute Gasteiger partial charge is 0.465 e. The average molecular weight is 265 g/mol. The van der Waals surface area contributed by atoms with E-state index in [0.717, 1.165) is 5.56 Å². The van der Waals surface area contributed by atoms with Gasteiger partial charge in [-0.2, -0.15) is 0 Å². The van der Waals surface area contributed by atoms with E-state index in [1.807, 2.05) is 32.9 Å². The molecule has 2 N–H and O–H groups in total. The van der Waals surface area contributed by atoms with Crippen LogP contribution in [-0.4, -0.2) is 30.3 Å². The van der Waals surface area contributed by atoms with Crippen LogP contribution in [0.3, 0.4) is 0 Å². The SMILES string of the molecule is COC(=O)c1ccc(CNCC(C)(O)C(C)C)cc1. The molecule has 0 aliphatic rings. The highest BCUT2D eigenvalue weighted by molar-refractivity contribution is 5.89. The fraction of sp³-hybridized carbons (Fsp3) is 0.533. The molecule has 0 bridgehead atoms. The van der Waals surface area contributed by atoms with Gasteiger partial charge in [0.15, 0.2) is 0 Å². The lowest BCUT2D eigenvalue weighted by molar-refractivity contribution is 0.0140. The Bertz CT molecular complexity index is 410. The summed E-state index contributed by atoms with van der Waals surface area (Å²) in [6, 6.07) is 7.24. The number of hydrogen-bond donors (Lipinski definition) is 2. The number of ether oxygens (including phenoxy) is 1. The van der Waals surface area contributed by atoms with Gasteiger partial charge in [-0.25, -0.2) is 4.79 Å². The Morgan fingerprint density at radius 2 is 1.95 bits per heavy atom. The van der Waals surface area contributed by atoms with Gasteiger partial charge in [-0.15, -0.1) is 0 Å². The van der Waals surface area contributed by atoms with Crippen molar-refractivity contribution in [3.63, 3.8) is 0 Å². The summed E-state index contributed by atoms with van der Waals surface area (Å²) in [6.07, 6.45) is 0. The Morgan fingerprint density at radius 1 is 1.37 bits per heavy atom. The van der Waals surface area contributed by atoms with Crippen LogP contribution in [-0.2, 0) is 11.3 Å². The Kier molecular flexibility index (Phi) is 5.51. The van der Waals surface area contributed by atoms with Gasteiger partial charge in [0.25, 0.3) is 0 Å². The minimum Gasteiger partial charge on any atom is -0.465 e. The molecule has 0 aromatic heterocycles. The van der Waals surface area contributed by atoms with E-state index >= 15 is 0 Å². The second-order valence-corrected chi connectivity index (χ2v) is 5.30. The molecular weight excluding hydrogens is 242 g/mol. The third kappa shape index (κ3) is 4.65. The quantitative estimate of drug-likeness (QED) is 0.772. The van der Waals surface area contributed by atoms with Gasteiger partial charge in [0.1, 0.15) is 0 Å². The molecule has 0 aliphatic heterocycles. The molecule has 0 saturated carbocycles. The smallest absolute Gasteiger partial charge is 0.337 e. The standard InChI is InChI=1S/C15H23NO3/c1-11(2)15(3,18)10-16-9-12-5-7-13(8-6-12)14(17)19-4/h5-8,11,16,18H,9-10H2,1-4H3. The number of esters is 1. The molecule has 0 fully saturated rings. The molecule has 1 unspecified atom stereocenters. The Morgan fingerprint density at radius 3 is 2.42 bits per heavy atom. The van der Waals surface area contributed by atoms with Crippen molar-refractivity contribution in [2.45, 2.75) is 32.9 Å². The van der Waals surface area contributed by atoms with Crippen molar-refractivity contribution in [1.82, 2.24) is 5.32 Å². The number of nitrogens with one attached hydrogen (secondary N) is 1. The maximum Gasteiger partial charge on any atom is 0.337 e. The molecule has 0 aliphatic carbocycles. The second-order valence-electron chi connectivity index (χ2n) is 5.30. The normalized spacial score (nSPS) is 14.2. The van der Waals surface area contributed by atoms with Gasteiger partial charge in [0.2, 0.25) is 0 Å². The number of rotatable bonds is 6. The first-order valence-corrected chi connectivity index (χ1v) is 6.47. The molecule has 1 atom stereocenters. The summed E-state index contributed by atoms with van der Waals surface area (Å²) in [7, 11) is 1.37. The highest BCUT2D eigenvalue weighted by Gasteiger charge is 2.23. The van der Waals surface area contributed by atoms with E-state index < -0.39 is 5.60 Å². The van der Waals surface area contributed by atoms with Crippen molar-refractivity contribution in [3.8, 4) is 0 Å². The van der Waals surface area contributed by atoms with E-state index in [4.69, 9.17) is 0 Å². The van der Waals surface area contributed by atoms with E-state index in [2.05, 4.69) is 10.1 Å². The molecule has 0 radical (unpaired) electrons. The van der Waals surface area contributed by atoms with Crippen molar-refractivity contribution >= 4 is 5.97 Å². The molecule has 1 aromatic carbocycles. The molecular formula is C15H23NO3. The fourth-order valence-corrected chi connectivity index (χ4v) is 1.54. The molecule has 0 saturated heterocycles. The summed E-state index contributed by atoms with van der Waals surface area (Å²) in [5, 5.41) is 13.3. The molecule has 0 amide bonds. The van der Waals surface area contributed by atoms with Gasteiger partial charge in [-0.1, -0.05) is 26.0 Å². The van der Waals surface area contributed by atoms with Crippen LogP contribution < -0.4 is 5.32 Å². The van der Waals surface area contributed by atoms with Crippen molar-refractivity contribution in [1.29, 1.82) is 0 Å². The molecule has 1 rings (SSSR count). The van der Waals surface area contributed by atoms with E-state index in [1.165, 1.54) is 7.11 Å². The summed E-state index contributed by atoms with van der Waals surface area (Å²) in [4.78, 5) is 11.3. The summed E-state index contributed by atoms with van der Waals surface area (Å²) >= 11 is 0. The summed E-state index contributed by atoms with van der Waals surface area (Å²) in [5.74, 6) is -0.135.